The van der Waals surface area contributed by atoms with Gasteiger partial charge in [0.25, 0.3) is 0 Å². The lowest BCUT2D eigenvalue weighted by molar-refractivity contribution is 0.0429. The Morgan fingerprint density at radius 3 is 2.00 bits per heavy atom. The minimum Gasteiger partial charge on any atom is -0.443 e. The number of aromatic nitrogens is 3. The molecule has 0 N–H and O–H groups in total. The van der Waals surface area contributed by atoms with E-state index in [-0.39, 0.29) is 5.82 Å². The van der Waals surface area contributed by atoms with E-state index in [4.69, 9.17) is 9.47 Å². The van der Waals surface area contributed by atoms with Gasteiger partial charge in [0.2, 0.25) is 0 Å². The van der Waals surface area contributed by atoms with Crippen LogP contribution in [0, 0.1) is 0 Å². The van der Waals surface area contributed by atoms with Gasteiger partial charge in [-0.1, -0.05) is 0 Å². The highest BCUT2D eigenvalue weighted by atomic mass is 79.9. The zero-order valence-electron chi connectivity index (χ0n) is 16.0. The summed E-state index contributed by atoms with van der Waals surface area (Å²) in [4.78, 5) is 30.6. The molecule has 2 rings (SSSR count). The number of carbonyl (C=O) groups excluding carboxylic acids is 2. The lowest BCUT2D eigenvalue weighted by atomic mass is 10.2. The number of aryl methyl sites for hydroxylation is 1. The van der Waals surface area contributed by atoms with Gasteiger partial charge in [-0.15, -0.1) is 0 Å². The maximum Gasteiger partial charge on any atom is 0.425 e. The summed E-state index contributed by atoms with van der Waals surface area (Å²) in [5.41, 5.74) is -1.09. The Kier molecular flexibility index (Phi) is 5.32. The lowest BCUT2D eigenvalue weighted by Gasteiger charge is -2.28. The van der Waals surface area contributed by atoms with Crippen LogP contribution in [0.25, 0.3) is 10.9 Å². The first-order valence-electron chi connectivity index (χ1n) is 8.02. The minimum absolute atomic E-state index is 0.0895. The Balaban J connectivity index is 2.61. The molecule has 0 aliphatic heterocycles. The normalized spacial score (nSPS) is 12.2. The third-order valence-corrected chi connectivity index (χ3v) is 3.70. The monoisotopic (exact) mass is 426 g/mol. The van der Waals surface area contributed by atoms with Crippen molar-refractivity contribution in [1.29, 1.82) is 0 Å². The van der Waals surface area contributed by atoms with E-state index in [2.05, 4.69) is 26.0 Å². The van der Waals surface area contributed by atoms with Crippen molar-refractivity contribution in [2.24, 2.45) is 7.05 Å². The first-order valence-corrected chi connectivity index (χ1v) is 8.82. The number of anilines is 1. The van der Waals surface area contributed by atoms with Crippen molar-refractivity contribution in [2.75, 3.05) is 4.90 Å². The molecule has 2 heterocycles. The zero-order chi connectivity index (χ0) is 19.9. The fourth-order valence-corrected chi connectivity index (χ4v) is 2.54. The largest absolute Gasteiger partial charge is 0.443 e. The van der Waals surface area contributed by atoms with E-state index in [0.717, 1.165) is 4.90 Å². The van der Waals surface area contributed by atoms with Crippen molar-refractivity contribution in [3.8, 4) is 0 Å². The van der Waals surface area contributed by atoms with E-state index in [9.17, 15) is 9.59 Å². The number of nitrogens with zero attached hydrogens (tertiary/aromatic N) is 4. The van der Waals surface area contributed by atoms with Crippen molar-refractivity contribution in [3.63, 3.8) is 0 Å². The van der Waals surface area contributed by atoms with Crippen LogP contribution in [0.5, 0.6) is 0 Å². The van der Waals surface area contributed by atoms with Crippen LogP contribution in [0.15, 0.2) is 16.9 Å². The SMILES string of the molecule is Cn1ncc2c(Br)cnc(N(C(=O)OC(C)(C)C)C(=O)OC(C)(C)C)c21. The molecule has 0 fully saturated rings. The molecule has 0 unspecified atom stereocenters. The molecule has 26 heavy (non-hydrogen) atoms. The summed E-state index contributed by atoms with van der Waals surface area (Å²) >= 11 is 3.40. The summed E-state index contributed by atoms with van der Waals surface area (Å²) in [6.07, 6.45) is 1.38. The first kappa shape index (κ1) is 20.2. The van der Waals surface area contributed by atoms with E-state index in [1.165, 1.54) is 10.9 Å². The van der Waals surface area contributed by atoms with Gasteiger partial charge in [0.05, 0.1) is 6.20 Å². The van der Waals surface area contributed by atoms with Crippen molar-refractivity contribution >= 4 is 44.8 Å². The second-order valence-electron chi connectivity index (χ2n) is 7.76. The summed E-state index contributed by atoms with van der Waals surface area (Å²) in [5.74, 6) is 0.0895. The van der Waals surface area contributed by atoms with E-state index in [1.807, 2.05) is 0 Å². The van der Waals surface area contributed by atoms with Gasteiger partial charge in [-0.2, -0.15) is 10.00 Å². The molecule has 0 atom stereocenters. The van der Waals surface area contributed by atoms with Gasteiger partial charge in [0, 0.05) is 23.1 Å². The molecule has 0 bridgehead atoms. The van der Waals surface area contributed by atoms with Gasteiger partial charge in [0.1, 0.15) is 16.7 Å². The summed E-state index contributed by atoms with van der Waals surface area (Å²) in [6.45, 7) is 10.3. The maximum absolute atomic E-state index is 12.8. The van der Waals surface area contributed by atoms with Crippen LogP contribution in [0.2, 0.25) is 0 Å². The highest BCUT2D eigenvalue weighted by Crippen LogP contribution is 2.31. The standard InChI is InChI=1S/C17H23BrN4O4/c1-16(2,3)25-14(23)22(15(24)26-17(4,5)6)13-12-10(8-20-21(12)7)11(18)9-19-13/h8-9H,1-7H3. The van der Waals surface area contributed by atoms with E-state index in [1.54, 1.807) is 54.8 Å². The second kappa shape index (κ2) is 6.86. The molecule has 0 saturated heterocycles. The predicted molar refractivity (Wildman–Crippen MR) is 101 cm³/mol. The fourth-order valence-electron chi connectivity index (χ4n) is 2.15. The molecule has 0 spiro atoms. The Morgan fingerprint density at radius 2 is 1.54 bits per heavy atom. The van der Waals surface area contributed by atoms with Gasteiger partial charge in [-0.25, -0.2) is 14.6 Å². The van der Waals surface area contributed by atoms with Crippen molar-refractivity contribution in [1.82, 2.24) is 14.8 Å². The fraction of sp³-hybridized carbons (Fsp3) is 0.529. The maximum atomic E-state index is 12.8. The minimum atomic E-state index is -0.871. The molecule has 142 valence electrons. The molecule has 2 aromatic rings. The summed E-state index contributed by atoms with van der Waals surface area (Å²) in [5, 5.41) is 4.89. The van der Waals surface area contributed by atoms with Crippen LogP contribution in [0.3, 0.4) is 0 Å². The molecular formula is C17H23BrN4O4. The third-order valence-electron chi connectivity index (χ3n) is 3.07. The third kappa shape index (κ3) is 4.51. The number of fused-ring (bicyclic) bond motifs is 1. The molecule has 0 aliphatic carbocycles. The molecular weight excluding hydrogens is 404 g/mol. The molecule has 0 aromatic carbocycles. The van der Waals surface area contributed by atoms with Gasteiger partial charge in [0.15, 0.2) is 5.82 Å². The van der Waals surface area contributed by atoms with Crippen LogP contribution in [-0.2, 0) is 16.5 Å². The van der Waals surface area contributed by atoms with Crippen LogP contribution < -0.4 is 4.90 Å². The quantitative estimate of drug-likeness (QED) is 0.670. The van der Waals surface area contributed by atoms with Crippen LogP contribution in [0.1, 0.15) is 41.5 Å². The molecule has 0 aliphatic rings. The highest BCUT2D eigenvalue weighted by Gasteiger charge is 2.35. The number of imide groups is 1. The van der Waals surface area contributed by atoms with Gasteiger partial charge in [-0.3, -0.25) is 4.68 Å². The zero-order valence-corrected chi connectivity index (χ0v) is 17.5. The molecule has 0 radical (unpaired) electrons. The summed E-state index contributed by atoms with van der Waals surface area (Å²) in [7, 11) is 1.70. The van der Waals surface area contributed by atoms with Crippen molar-refractivity contribution < 1.29 is 19.1 Å². The lowest BCUT2D eigenvalue weighted by Crippen LogP contribution is -2.44. The van der Waals surface area contributed by atoms with E-state index >= 15 is 0 Å². The predicted octanol–water partition coefficient (Wildman–Crippen LogP) is 4.41. The second-order valence-corrected chi connectivity index (χ2v) is 8.61. The molecule has 0 saturated carbocycles. The highest BCUT2D eigenvalue weighted by molar-refractivity contribution is 9.10. The van der Waals surface area contributed by atoms with Gasteiger partial charge < -0.3 is 9.47 Å². The van der Waals surface area contributed by atoms with E-state index in [0.29, 0.717) is 15.4 Å². The summed E-state index contributed by atoms with van der Waals surface area (Å²) < 4.78 is 13.0. The van der Waals surface area contributed by atoms with Gasteiger partial charge >= 0.3 is 12.2 Å². The Hall–Kier alpha value is -2.16. The van der Waals surface area contributed by atoms with Gasteiger partial charge in [-0.05, 0) is 57.5 Å². The smallest absolute Gasteiger partial charge is 0.425 e. The molecule has 9 heteroatoms. The number of carbonyl (C=O) groups is 2. The first-order chi connectivity index (χ1) is 11.8. The van der Waals surface area contributed by atoms with E-state index < -0.39 is 23.4 Å². The van der Waals surface area contributed by atoms with Crippen LogP contribution >= 0.6 is 15.9 Å². The number of amides is 2. The van der Waals surface area contributed by atoms with Crippen molar-refractivity contribution in [2.45, 2.75) is 52.7 Å². The number of pyridine rings is 1. The summed E-state index contributed by atoms with van der Waals surface area (Å²) in [6, 6.07) is 0. The average Bonchev–Trinajstić information content (AvgIpc) is 2.81. The Labute approximate surface area is 160 Å². The number of hydrogen-bond donors (Lipinski definition) is 0. The number of ether oxygens (including phenoxy) is 2. The Morgan fingerprint density at radius 1 is 1.04 bits per heavy atom. The molecule has 2 aromatic heterocycles. The van der Waals surface area contributed by atoms with Crippen LogP contribution in [0.4, 0.5) is 15.4 Å². The topological polar surface area (TPSA) is 86.5 Å². The number of rotatable bonds is 1. The van der Waals surface area contributed by atoms with Crippen molar-refractivity contribution in [3.05, 3.63) is 16.9 Å². The average molecular weight is 427 g/mol. The molecule has 8 nitrogen and oxygen atoms in total. The Bertz CT molecular complexity index is 821. The van der Waals surface area contributed by atoms with Crippen LogP contribution in [-0.4, -0.2) is 38.2 Å². The number of hydrogen-bond acceptors (Lipinski definition) is 6. The molecule has 2 amide bonds. The number of halogens is 1.